The molecule has 2 heterocycles. The Morgan fingerprint density at radius 2 is 2.06 bits per heavy atom. The SMILES string of the molecule is CCn1ccn(Cc2cc(C(=O)O)sc2C)c1=O. The largest absolute Gasteiger partial charge is 0.477 e. The first kappa shape index (κ1) is 12.6. The molecule has 0 bridgehead atoms. The van der Waals surface area contributed by atoms with Crippen molar-refractivity contribution in [2.24, 2.45) is 0 Å². The van der Waals surface area contributed by atoms with E-state index in [0.29, 0.717) is 18.0 Å². The number of hydrogen-bond donors (Lipinski definition) is 1. The molecule has 0 aliphatic carbocycles. The fourth-order valence-electron chi connectivity index (χ4n) is 1.78. The molecule has 0 aromatic carbocycles. The van der Waals surface area contributed by atoms with E-state index in [-0.39, 0.29) is 5.69 Å². The minimum Gasteiger partial charge on any atom is -0.477 e. The molecule has 5 nitrogen and oxygen atoms in total. The zero-order chi connectivity index (χ0) is 13.3. The normalized spacial score (nSPS) is 10.8. The third-order valence-corrected chi connectivity index (χ3v) is 3.91. The van der Waals surface area contributed by atoms with Crippen LogP contribution < -0.4 is 5.69 Å². The average molecular weight is 266 g/mol. The van der Waals surface area contributed by atoms with Gasteiger partial charge in [0.1, 0.15) is 4.88 Å². The van der Waals surface area contributed by atoms with Crippen LogP contribution in [0.25, 0.3) is 0 Å². The maximum Gasteiger partial charge on any atom is 0.345 e. The predicted molar refractivity (Wildman–Crippen MR) is 69.5 cm³/mol. The van der Waals surface area contributed by atoms with Gasteiger partial charge in [0.05, 0.1) is 6.54 Å². The highest BCUT2D eigenvalue weighted by Gasteiger charge is 2.12. The second-order valence-corrected chi connectivity index (χ2v) is 5.25. The summed E-state index contributed by atoms with van der Waals surface area (Å²) in [7, 11) is 0. The van der Waals surface area contributed by atoms with Gasteiger partial charge >= 0.3 is 11.7 Å². The fourth-order valence-corrected chi connectivity index (χ4v) is 2.65. The molecule has 0 aliphatic rings. The van der Waals surface area contributed by atoms with Crippen molar-refractivity contribution in [2.75, 3.05) is 0 Å². The Balaban J connectivity index is 2.31. The number of aromatic nitrogens is 2. The molecule has 0 radical (unpaired) electrons. The summed E-state index contributed by atoms with van der Waals surface area (Å²) in [5, 5.41) is 8.92. The summed E-state index contributed by atoms with van der Waals surface area (Å²) in [6.07, 6.45) is 3.46. The number of aryl methyl sites for hydroxylation is 2. The summed E-state index contributed by atoms with van der Waals surface area (Å²) in [6, 6.07) is 1.64. The Bertz CT molecular complexity index is 636. The smallest absolute Gasteiger partial charge is 0.345 e. The molecular weight excluding hydrogens is 252 g/mol. The van der Waals surface area contributed by atoms with E-state index in [1.165, 1.54) is 11.3 Å². The quantitative estimate of drug-likeness (QED) is 0.917. The van der Waals surface area contributed by atoms with Gasteiger partial charge in [-0.05, 0) is 25.5 Å². The van der Waals surface area contributed by atoms with E-state index in [1.54, 1.807) is 27.6 Å². The fraction of sp³-hybridized carbons (Fsp3) is 0.333. The molecule has 0 saturated heterocycles. The van der Waals surface area contributed by atoms with Crippen molar-refractivity contribution < 1.29 is 9.90 Å². The number of nitrogens with zero attached hydrogens (tertiary/aromatic N) is 2. The molecule has 18 heavy (non-hydrogen) atoms. The second kappa shape index (κ2) is 4.81. The third kappa shape index (κ3) is 2.24. The van der Waals surface area contributed by atoms with Gasteiger partial charge in [0.25, 0.3) is 0 Å². The summed E-state index contributed by atoms with van der Waals surface area (Å²) in [4.78, 5) is 24.0. The van der Waals surface area contributed by atoms with Crippen molar-refractivity contribution >= 4 is 17.3 Å². The van der Waals surface area contributed by atoms with E-state index in [4.69, 9.17) is 5.11 Å². The molecule has 6 heteroatoms. The first-order valence-electron chi connectivity index (χ1n) is 5.61. The Hall–Kier alpha value is -1.82. The van der Waals surface area contributed by atoms with E-state index < -0.39 is 5.97 Å². The molecule has 0 saturated carbocycles. The average Bonchev–Trinajstić information content (AvgIpc) is 2.85. The first-order chi connectivity index (χ1) is 8.52. The molecular formula is C12H14N2O3S. The highest BCUT2D eigenvalue weighted by atomic mass is 32.1. The predicted octanol–water partition coefficient (Wildman–Crippen LogP) is 1.79. The van der Waals surface area contributed by atoms with Crippen LogP contribution in [0.4, 0.5) is 0 Å². The topological polar surface area (TPSA) is 64.2 Å². The lowest BCUT2D eigenvalue weighted by Crippen LogP contribution is -2.23. The van der Waals surface area contributed by atoms with Gasteiger partial charge in [-0.1, -0.05) is 0 Å². The molecule has 0 fully saturated rings. The minimum absolute atomic E-state index is 0.0695. The van der Waals surface area contributed by atoms with Gasteiger partial charge in [0.2, 0.25) is 0 Å². The summed E-state index contributed by atoms with van der Waals surface area (Å²) < 4.78 is 3.20. The molecule has 1 N–H and O–H groups in total. The molecule has 0 amide bonds. The molecule has 0 atom stereocenters. The van der Waals surface area contributed by atoms with Crippen LogP contribution in [-0.2, 0) is 13.1 Å². The monoisotopic (exact) mass is 266 g/mol. The summed E-state index contributed by atoms with van der Waals surface area (Å²) in [5.41, 5.74) is 0.813. The van der Waals surface area contributed by atoms with Gasteiger partial charge in [-0.15, -0.1) is 11.3 Å². The van der Waals surface area contributed by atoms with Gasteiger partial charge in [-0.3, -0.25) is 9.13 Å². The number of rotatable bonds is 4. The number of carbonyl (C=O) groups is 1. The van der Waals surface area contributed by atoms with E-state index in [0.717, 1.165) is 10.4 Å². The standard InChI is InChI=1S/C12H14N2O3S/c1-3-13-4-5-14(12(13)17)7-9-6-10(11(15)16)18-8(9)2/h4-6H,3,7H2,1-2H3,(H,15,16). The van der Waals surface area contributed by atoms with Gasteiger partial charge in [-0.2, -0.15) is 0 Å². The Labute approximate surface area is 108 Å². The number of carboxylic acids is 1. The number of imidazole rings is 1. The van der Waals surface area contributed by atoms with Crippen LogP contribution in [0.1, 0.15) is 27.0 Å². The first-order valence-corrected chi connectivity index (χ1v) is 6.42. The molecule has 2 aromatic rings. The zero-order valence-corrected chi connectivity index (χ0v) is 11.0. The van der Waals surface area contributed by atoms with Crippen LogP contribution >= 0.6 is 11.3 Å². The molecule has 0 aliphatic heterocycles. The van der Waals surface area contributed by atoms with Crippen LogP contribution in [0.3, 0.4) is 0 Å². The van der Waals surface area contributed by atoms with Gasteiger partial charge in [0, 0.05) is 23.8 Å². The lowest BCUT2D eigenvalue weighted by Gasteiger charge is -2.00. The Kier molecular flexibility index (Phi) is 3.38. The Morgan fingerprint density at radius 3 is 2.56 bits per heavy atom. The highest BCUT2D eigenvalue weighted by Crippen LogP contribution is 2.22. The van der Waals surface area contributed by atoms with Crippen LogP contribution in [0, 0.1) is 6.92 Å². The molecule has 2 aromatic heterocycles. The van der Waals surface area contributed by atoms with Crippen LogP contribution in [-0.4, -0.2) is 20.2 Å². The molecule has 0 spiro atoms. The molecule has 96 valence electrons. The van der Waals surface area contributed by atoms with Crippen LogP contribution in [0.15, 0.2) is 23.3 Å². The second-order valence-electron chi connectivity index (χ2n) is 3.99. The number of hydrogen-bond acceptors (Lipinski definition) is 3. The van der Waals surface area contributed by atoms with Gasteiger partial charge in [0.15, 0.2) is 0 Å². The number of thiophene rings is 1. The van der Waals surface area contributed by atoms with E-state index >= 15 is 0 Å². The zero-order valence-electron chi connectivity index (χ0n) is 10.2. The van der Waals surface area contributed by atoms with Crippen molar-refractivity contribution in [2.45, 2.75) is 26.9 Å². The van der Waals surface area contributed by atoms with E-state index in [9.17, 15) is 9.59 Å². The van der Waals surface area contributed by atoms with Gasteiger partial charge in [-0.25, -0.2) is 9.59 Å². The Morgan fingerprint density at radius 1 is 1.39 bits per heavy atom. The summed E-state index contributed by atoms with van der Waals surface area (Å²) in [6.45, 7) is 4.83. The lowest BCUT2D eigenvalue weighted by molar-refractivity contribution is 0.0702. The lowest BCUT2D eigenvalue weighted by atomic mass is 10.2. The molecule has 0 unspecified atom stereocenters. The summed E-state index contributed by atoms with van der Waals surface area (Å²) in [5.74, 6) is -0.923. The number of aromatic carboxylic acids is 1. The van der Waals surface area contributed by atoms with Crippen molar-refractivity contribution in [3.8, 4) is 0 Å². The number of carboxylic acid groups (broad SMARTS) is 1. The van der Waals surface area contributed by atoms with Crippen LogP contribution in [0.2, 0.25) is 0 Å². The van der Waals surface area contributed by atoms with Gasteiger partial charge < -0.3 is 5.11 Å². The molecule has 2 rings (SSSR count). The third-order valence-electron chi connectivity index (χ3n) is 2.83. The van der Waals surface area contributed by atoms with Crippen molar-refractivity contribution in [3.63, 3.8) is 0 Å². The maximum absolute atomic E-state index is 11.9. The summed E-state index contributed by atoms with van der Waals surface area (Å²) >= 11 is 1.24. The van der Waals surface area contributed by atoms with Crippen LogP contribution in [0.5, 0.6) is 0 Å². The van der Waals surface area contributed by atoms with Crippen molar-refractivity contribution in [1.82, 2.24) is 9.13 Å². The maximum atomic E-state index is 11.9. The van der Waals surface area contributed by atoms with E-state index in [2.05, 4.69) is 0 Å². The van der Waals surface area contributed by atoms with E-state index in [1.807, 2.05) is 13.8 Å². The van der Waals surface area contributed by atoms with Crippen molar-refractivity contribution in [3.05, 3.63) is 44.3 Å². The minimum atomic E-state index is -0.923. The highest BCUT2D eigenvalue weighted by molar-refractivity contribution is 7.14. The van der Waals surface area contributed by atoms with Crippen molar-refractivity contribution in [1.29, 1.82) is 0 Å².